The summed E-state index contributed by atoms with van der Waals surface area (Å²) in [5, 5.41) is 0. The fraction of sp³-hybridized carbons (Fsp3) is 0.519. The molecule has 0 N–H and O–H groups in total. The predicted octanol–water partition coefficient (Wildman–Crippen LogP) is 6.31. The van der Waals surface area contributed by atoms with Crippen molar-refractivity contribution in [3.63, 3.8) is 0 Å². The Morgan fingerprint density at radius 1 is 1.03 bits per heavy atom. The van der Waals surface area contributed by atoms with Crippen LogP contribution in [0.5, 0.6) is 0 Å². The average Bonchev–Trinajstić information content (AvgIpc) is 3.14. The molecule has 7 heteroatoms. The van der Waals surface area contributed by atoms with Crippen molar-refractivity contribution >= 4 is 5.91 Å². The number of carbonyl (C=O) groups is 1. The number of hydrogen-bond acceptors (Lipinski definition) is 2. The van der Waals surface area contributed by atoms with Crippen LogP contribution in [0.2, 0.25) is 0 Å². The van der Waals surface area contributed by atoms with Crippen LogP contribution < -0.4 is 0 Å². The minimum absolute atomic E-state index is 0.00891. The van der Waals surface area contributed by atoms with Gasteiger partial charge in [-0.15, -0.1) is 0 Å². The molecule has 2 aromatic rings. The summed E-state index contributed by atoms with van der Waals surface area (Å²) in [6.45, 7) is 11.5. The lowest BCUT2D eigenvalue weighted by atomic mass is 9.87. The van der Waals surface area contributed by atoms with Crippen molar-refractivity contribution in [3.8, 4) is 0 Å². The first kappa shape index (κ1) is 26.2. The van der Waals surface area contributed by atoms with E-state index in [2.05, 4.69) is 18.7 Å². The van der Waals surface area contributed by atoms with Crippen LogP contribution in [0.3, 0.4) is 0 Å². The van der Waals surface area contributed by atoms with Gasteiger partial charge in [-0.25, -0.2) is 4.39 Å². The van der Waals surface area contributed by atoms with Crippen molar-refractivity contribution in [2.24, 2.45) is 17.8 Å². The van der Waals surface area contributed by atoms with Gasteiger partial charge < -0.3 is 9.80 Å². The fourth-order valence-corrected chi connectivity index (χ4v) is 4.87. The summed E-state index contributed by atoms with van der Waals surface area (Å²) in [7, 11) is 0. The molecule has 1 saturated heterocycles. The monoisotopic (exact) mass is 478 g/mol. The SMILES string of the molecule is CC(C)CN1CC(CN(CC(C)C)C(=O)c2ccc(F)cc2)C(c2cccc(C(F)(F)F)c2)C1. The first-order valence-electron chi connectivity index (χ1n) is 11.9. The molecule has 1 fully saturated rings. The Kier molecular flexibility index (Phi) is 8.39. The average molecular weight is 479 g/mol. The van der Waals surface area contributed by atoms with E-state index in [1.807, 2.05) is 13.8 Å². The molecule has 3 rings (SSSR count). The van der Waals surface area contributed by atoms with Crippen LogP contribution in [0.15, 0.2) is 48.5 Å². The molecule has 2 unspecified atom stereocenters. The van der Waals surface area contributed by atoms with Crippen molar-refractivity contribution in [3.05, 3.63) is 71.0 Å². The minimum atomic E-state index is -4.40. The molecule has 0 saturated carbocycles. The normalized spacial score (nSPS) is 19.2. The van der Waals surface area contributed by atoms with Crippen LogP contribution in [0.1, 0.15) is 55.1 Å². The number of amides is 1. The number of halogens is 4. The van der Waals surface area contributed by atoms with Gasteiger partial charge in [0.2, 0.25) is 0 Å². The zero-order chi connectivity index (χ0) is 25.0. The Hall–Kier alpha value is -2.41. The highest BCUT2D eigenvalue weighted by Gasteiger charge is 2.38. The molecule has 0 radical (unpaired) electrons. The molecule has 0 spiro atoms. The van der Waals surface area contributed by atoms with Gasteiger partial charge in [0.25, 0.3) is 5.91 Å². The number of nitrogens with zero attached hydrogens (tertiary/aromatic N) is 2. The summed E-state index contributed by atoms with van der Waals surface area (Å²) in [5.41, 5.74) is 0.423. The number of carbonyl (C=O) groups excluding carboxylic acids is 1. The molecule has 2 aromatic carbocycles. The molecular weight excluding hydrogens is 444 g/mol. The van der Waals surface area contributed by atoms with Crippen LogP contribution in [0.25, 0.3) is 0 Å². The van der Waals surface area contributed by atoms with Crippen LogP contribution >= 0.6 is 0 Å². The summed E-state index contributed by atoms with van der Waals surface area (Å²) < 4.78 is 53.5. The molecule has 0 aliphatic carbocycles. The Labute approximate surface area is 199 Å². The first-order chi connectivity index (χ1) is 15.9. The van der Waals surface area contributed by atoms with Gasteiger partial charge in [-0.3, -0.25) is 4.79 Å². The molecule has 0 bridgehead atoms. The maximum atomic E-state index is 13.4. The Morgan fingerprint density at radius 3 is 2.29 bits per heavy atom. The Morgan fingerprint density at radius 2 is 1.71 bits per heavy atom. The lowest BCUT2D eigenvalue weighted by Gasteiger charge is -2.30. The second kappa shape index (κ2) is 10.9. The van der Waals surface area contributed by atoms with Crippen molar-refractivity contribution in [2.45, 2.75) is 39.8 Å². The van der Waals surface area contributed by atoms with Gasteiger partial charge in [-0.2, -0.15) is 13.2 Å². The minimum Gasteiger partial charge on any atom is -0.338 e. The molecule has 34 heavy (non-hydrogen) atoms. The van der Waals surface area contributed by atoms with Crippen molar-refractivity contribution in [1.82, 2.24) is 9.80 Å². The van der Waals surface area contributed by atoms with Gasteiger partial charge in [-0.05, 0) is 53.6 Å². The highest BCUT2D eigenvalue weighted by atomic mass is 19.4. The summed E-state index contributed by atoms with van der Waals surface area (Å²) >= 11 is 0. The number of hydrogen-bond donors (Lipinski definition) is 0. The van der Waals surface area contributed by atoms with E-state index < -0.39 is 17.6 Å². The van der Waals surface area contributed by atoms with Crippen LogP contribution in [0, 0.1) is 23.6 Å². The lowest BCUT2D eigenvalue weighted by Crippen LogP contribution is -2.39. The number of likely N-dealkylation sites (tertiary alicyclic amines) is 1. The number of alkyl halides is 3. The van der Waals surface area contributed by atoms with Crippen LogP contribution in [0.4, 0.5) is 17.6 Å². The van der Waals surface area contributed by atoms with E-state index >= 15 is 0 Å². The predicted molar refractivity (Wildman–Crippen MR) is 126 cm³/mol. The molecular formula is C27H34F4N2O. The van der Waals surface area contributed by atoms with E-state index in [1.54, 1.807) is 11.0 Å². The standard InChI is InChI=1S/C27H34F4N2O/c1-18(2)13-32-15-22(25(17-32)21-6-5-7-23(12-21)27(29,30)31)16-33(14-19(3)4)26(34)20-8-10-24(28)11-9-20/h5-12,18-19,22,25H,13-17H2,1-4H3. The topological polar surface area (TPSA) is 23.6 Å². The molecule has 3 nitrogen and oxygen atoms in total. The Balaban J connectivity index is 1.90. The van der Waals surface area contributed by atoms with E-state index in [-0.39, 0.29) is 23.7 Å². The van der Waals surface area contributed by atoms with E-state index in [4.69, 9.17) is 0 Å². The maximum absolute atomic E-state index is 13.4. The van der Waals surface area contributed by atoms with Crippen LogP contribution in [-0.4, -0.2) is 48.4 Å². The van der Waals surface area contributed by atoms with Gasteiger partial charge in [0, 0.05) is 44.2 Å². The van der Waals surface area contributed by atoms with E-state index in [0.717, 1.165) is 12.6 Å². The van der Waals surface area contributed by atoms with Gasteiger partial charge >= 0.3 is 6.18 Å². The lowest BCUT2D eigenvalue weighted by molar-refractivity contribution is -0.137. The van der Waals surface area contributed by atoms with E-state index in [9.17, 15) is 22.4 Å². The maximum Gasteiger partial charge on any atom is 0.416 e. The van der Waals surface area contributed by atoms with E-state index in [1.165, 1.54) is 36.4 Å². The highest BCUT2D eigenvalue weighted by Crippen LogP contribution is 2.37. The molecule has 186 valence electrons. The fourth-order valence-electron chi connectivity index (χ4n) is 4.87. The number of rotatable bonds is 8. The second-order valence-electron chi connectivity index (χ2n) is 10.2. The van der Waals surface area contributed by atoms with Crippen molar-refractivity contribution in [2.75, 3.05) is 32.7 Å². The molecule has 1 amide bonds. The summed E-state index contributed by atoms with van der Waals surface area (Å²) in [6.07, 6.45) is -4.40. The number of benzene rings is 2. The molecule has 1 aliphatic heterocycles. The van der Waals surface area contributed by atoms with Crippen LogP contribution in [-0.2, 0) is 6.18 Å². The highest BCUT2D eigenvalue weighted by molar-refractivity contribution is 5.94. The molecule has 2 atom stereocenters. The second-order valence-corrected chi connectivity index (χ2v) is 10.2. The third-order valence-corrected chi connectivity index (χ3v) is 6.20. The quantitative estimate of drug-likeness (QED) is 0.415. The first-order valence-corrected chi connectivity index (χ1v) is 11.9. The van der Waals surface area contributed by atoms with Gasteiger partial charge in [0.1, 0.15) is 5.82 Å². The van der Waals surface area contributed by atoms with E-state index in [0.29, 0.717) is 43.2 Å². The zero-order valence-electron chi connectivity index (χ0n) is 20.3. The zero-order valence-corrected chi connectivity index (χ0v) is 20.3. The third kappa shape index (κ3) is 6.81. The van der Waals surface area contributed by atoms with Crippen molar-refractivity contribution in [1.29, 1.82) is 0 Å². The molecule has 1 aliphatic rings. The Bertz CT molecular complexity index is 956. The smallest absolute Gasteiger partial charge is 0.338 e. The van der Waals surface area contributed by atoms with Gasteiger partial charge in [0.05, 0.1) is 5.56 Å². The summed E-state index contributed by atoms with van der Waals surface area (Å²) in [6, 6.07) is 11.1. The van der Waals surface area contributed by atoms with Gasteiger partial charge in [0.15, 0.2) is 0 Å². The van der Waals surface area contributed by atoms with Crippen molar-refractivity contribution < 1.29 is 22.4 Å². The largest absolute Gasteiger partial charge is 0.416 e. The van der Waals surface area contributed by atoms with Gasteiger partial charge in [-0.1, -0.05) is 45.9 Å². The summed E-state index contributed by atoms with van der Waals surface area (Å²) in [5.74, 6) is -0.0734. The summed E-state index contributed by atoms with van der Waals surface area (Å²) in [4.78, 5) is 17.4. The molecule has 1 heterocycles. The molecule has 0 aromatic heterocycles. The third-order valence-electron chi connectivity index (χ3n) is 6.20.